The minimum atomic E-state index is -3.50. The normalized spacial score (nSPS) is 16.3. The van der Waals surface area contributed by atoms with Gasteiger partial charge in [-0.05, 0) is 19.1 Å². The van der Waals surface area contributed by atoms with E-state index in [2.05, 4.69) is 5.10 Å². The molecule has 0 radical (unpaired) electrons. The number of rotatable bonds is 3. The van der Waals surface area contributed by atoms with E-state index in [-0.39, 0.29) is 10.8 Å². The van der Waals surface area contributed by atoms with Gasteiger partial charge in [0.1, 0.15) is 0 Å². The van der Waals surface area contributed by atoms with E-state index in [0.29, 0.717) is 31.7 Å². The topological polar surface area (TPSA) is 75.5 Å². The highest BCUT2D eigenvalue weighted by atomic mass is 32.2. The third kappa shape index (κ3) is 2.94. The van der Waals surface area contributed by atoms with E-state index < -0.39 is 10.0 Å². The first kappa shape index (κ1) is 16.7. The molecule has 1 aliphatic rings. The number of hydrogen-bond donors (Lipinski definition) is 0. The molecule has 1 aromatic carbocycles. The molecule has 0 spiro atoms. The molecular weight excluding hydrogens is 328 g/mol. The van der Waals surface area contributed by atoms with Crippen molar-refractivity contribution in [2.45, 2.75) is 11.8 Å². The summed E-state index contributed by atoms with van der Waals surface area (Å²) < 4.78 is 28.3. The highest BCUT2D eigenvalue weighted by molar-refractivity contribution is 7.89. The maximum absolute atomic E-state index is 12.6. The average molecular weight is 348 g/mol. The van der Waals surface area contributed by atoms with Crippen LogP contribution in [0.3, 0.4) is 0 Å². The smallest absolute Gasteiger partial charge is 0.257 e. The van der Waals surface area contributed by atoms with Crippen molar-refractivity contribution in [3.05, 3.63) is 47.8 Å². The van der Waals surface area contributed by atoms with Gasteiger partial charge in [0.25, 0.3) is 5.91 Å². The summed E-state index contributed by atoms with van der Waals surface area (Å²) in [4.78, 5) is 14.5. The minimum absolute atomic E-state index is 0.0997. The summed E-state index contributed by atoms with van der Waals surface area (Å²) in [6, 6.07) is 8.37. The SMILES string of the molecule is Cc1c(C(=O)N2CCN(S(=O)(=O)c3ccccc3)CC2)cnn1C. The molecule has 1 aliphatic heterocycles. The van der Waals surface area contributed by atoms with E-state index >= 15 is 0 Å². The van der Waals surface area contributed by atoms with Crippen LogP contribution < -0.4 is 0 Å². The van der Waals surface area contributed by atoms with Crippen molar-refractivity contribution in [1.82, 2.24) is 19.0 Å². The van der Waals surface area contributed by atoms with Crippen molar-refractivity contribution in [3.8, 4) is 0 Å². The second-order valence-corrected chi connectivity index (χ2v) is 7.71. The molecule has 1 fully saturated rings. The number of carbonyl (C=O) groups is 1. The molecule has 2 aromatic rings. The highest BCUT2D eigenvalue weighted by Gasteiger charge is 2.31. The number of sulfonamides is 1. The molecule has 7 nitrogen and oxygen atoms in total. The van der Waals surface area contributed by atoms with Gasteiger partial charge in [0.15, 0.2) is 0 Å². The molecule has 0 saturated carbocycles. The van der Waals surface area contributed by atoms with Gasteiger partial charge in [-0.25, -0.2) is 8.42 Å². The van der Waals surface area contributed by atoms with Crippen molar-refractivity contribution in [2.75, 3.05) is 26.2 Å². The molecule has 128 valence electrons. The Hall–Kier alpha value is -2.19. The van der Waals surface area contributed by atoms with Gasteiger partial charge in [-0.1, -0.05) is 18.2 Å². The first-order valence-electron chi connectivity index (χ1n) is 7.74. The first-order chi connectivity index (χ1) is 11.4. The van der Waals surface area contributed by atoms with Crippen molar-refractivity contribution in [3.63, 3.8) is 0 Å². The number of aryl methyl sites for hydroxylation is 1. The van der Waals surface area contributed by atoms with Crippen LogP contribution in [0.4, 0.5) is 0 Å². The van der Waals surface area contributed by atoms with Crippen LogP contribution >= 0.6 is 0 Å². The predicted molar refractivity (Wildman–Crippen MR) is 89.0 cm³/mol. The van der Waals surface area contributed by atoms with Crippen LogP contribution in [0.2, 0.25) is 0 Å². The number of nitrogens with zero attached hydrogens (tertiary/aromatic N) is 4. The lowest BCUT2D eigenvalue weighted by molar-refractivity contribution is 0.0697. The first-order valence-corrected chi connectivity index (χ1v) is 9.18. The number of carbonyl (C=O) groups excluding carboxylic acids is 1. The quantitative estimate of drug-likeness (QED) is 0.825. The Balaban J connectivity index is 1.70. The van der Waals surface area contributed by atoms with Gasteiger partial charge in [0.2, 0.25) is 10.0 Å². The van der Waals surface area contributed by atoms with Crippen LogP contribution in [0.5, 0.6) is 0 Å². The lowest BCUT2D eigenvalue weighted by Crippen LogP contribution is -2.50. The second kappa shape index (κ2) is 6.37. The maximum atomic E-state index is 12.6. The van der Waals surface area contributed by atoms with E-state index in [9.17, 15) is 13.2 Å². The van der Waals surface area contributed by atoms with Gasteiger partial charge in [-0.3, -0.25) is 9.48 Å². The molecule has 3 rings (SSSR count). The van der Waals surface area contributed by atoms with Gasteiger partial charge < -0.3 is 4.90 Å². The van der Waals surface area contributed by atoms with Crippen LogP contribution in [-0.4, -0.2) is 59.5 Å². The van der Waals surface area contributed by atoms with Crippen molar-refractivity contribution >= 4 is 15.9 Å². The highest BCUT2D eigenvalue weighted by Crippen LogP contribution is 2.18. The molecular formula is C16H20N4O3S. The Morgan fingerprint density at radius 1 is 1.08 bits per heavy atom. The van der Waals surface area contributed by atoms with Crippen molar-refractivity contribution in [2.24, 2.45) is 7.05 Å². The minimum Gasteiger partial charge on any atom is -0.336 e. The largest absolute Gasteiger partial charge is 0.336 e. The van der Waals surface area contributed by atoms with E-state index in [1.165, 1.54) is 4.31 Å². The average Bonchev–Trinajstić information content (AvgIpc) is 2.94. The summed E-state index contributed by atoms with van der Waals surface area (Å²) in [5.41, 5.74) is 1.37. The Bertz CT molecular complexity index is 837. The molecule has 0 N–H and O–H groups in total. The third-order valence-electron chi connectivity index (χ3n) is 4.37. The zero-order chi connectivity index (χ0) is 17.3. The van der Waals surface area contributed by atoms with Gasteiger partial charge in [0, 0.05) is 38.9 Å². The summed E-state index contributed by atoms with van der Waals surface area (Å²) in [6.45, 7) is 3.18. The fourth-order valence-corrected chi connectivity index (χ4v) is 4.20. The van der Waals surface area contributed by atoms with Crippen LogP contribution in [0.25, 0.3) is 0 Å². The van der Waals surface area contributed by atoms with Crippen molar-refractivity contribution < 1.29 is 13.2 Å². The molecule has 0 aliphatic carbocycles. The van der Waals surface area contributed by atoms with Crippen LogP contribution in [0.15, 0.2) is 41.4 Å². The van der Waals surface area contributed by atoms with Gasteiger partial charge >= 0.3 is 0 Å². The molecule has 0 bridgehead atoms. The molecule has 24 heavy (non-hydrogen) atoms. The van der Waals surface area contributed by atoms with Crippen LogP contribution in [-0.2, 0) is 17.1 Å². The van der Waals surface area contributed by atoms with Crippen LogP contribution in [0.1, 0.15) is 16.1 Å². The number of aromatic nitrogens is 2. The number of piperazine rings is 1. The molecule has 1 aromatic heterocycles. The van der Waals surface area contributed by atoms with Gasteiger partial charge in [-0.2, -0.15) is 9.40 Å². The zero-order valence-electron chi connectivity index (χ0n) is 13.7. The fraction of sp³-hybridized carbons (Fsp3) is 0.375. The molecule has 2 heterocycles. The lowest BCUT2D eigenvalue weighted by Gasteiger charge is -2.34. The Morgan fingerprint density at radius 3 is 2.25 bits per heavy atom. The number of hydrogen-bond acceptors (Lipinski definition) is 4. The summed E-state index contributed by atoms with van der Waals surface area (Å²) in [5, 5.41) is 4.09. The van der Waals surface area contributed by atoms with Crippen LogP contribution in [0, 0.1) is 6.92 Å². The third-order valence-corrected chi connectivity index (χ3v) is 6.29. The Morgan fingerprint density at radius 2 is 1.71 bits per heavy atom. The second-order valence-electron chi connectivity index (χ2n) is 5.78. The number of benzene rings is 1. The standard InChI is InChI=1S/C16H20N4O3S/c1-13-15(12-17-18(13)2)16(21)19-8-10-20(11-9-19)24(22,23)14-6-4-3-5-7-14/h3-7,12H,8-11H2,1-2H3. The van der Waals surface area contributed by atoms with E-state index in [0.717, 1.165) is 5.69 Å². The summed E-state index contributed by atoms with van der Waals surface area (Å²) in [7, 11) is -1.71. The Labute approximate surface area is 141 Å². The van der Waals surface area contributed by atoms with Gasteiger partial charge in [0.05, 0.1) is 16.7 Å². The molecule has 0 unspecified atom stereocenters. The van der Waals surface area contributed by atoms with E-state index in [1.54, 1.807) is 53.2 Å². The lowest BCUT2D eigenvalue weighted by atomic mass is 10.2. The zero-order valence-corrected chi connectivity index (χ0v) is 14.5. The molecule has 8 heteroatoms. The Kier molecular flexibility index (Phi) is 4.42. The summed E-state index contributed by atoms with van der Waals surface area (Å²) >= 11 is 0. The molecule has 0 atom stereocenters. The number of amides is 1. The fourth-order valence-electron chi connectivity index (χ4n) is 2.75. The predicted octanol–water partition coefficient (Wildman–Crippen LogP) is 0.875. The summed E-state index contributed by atoms with van der Waals surface area (Å²) in [6.07, 6.45) is 1.56. The summed E-state index contributed by atoms with van der Waals surface area (Å²) in [5.74, 6) is -0.0997. The molecule has 1 saturated heterocycles. The monoisotopic (exact) mass is 348 g/mol. The van der Waals surface area contributed by atoms with E-state index in [4.69, 9.17) is 0 Å². The van der Waals surface area contributed by atoms with E-state index in [1.807, 2.05) is 6.92 Å². The van der Waals surface area contributed by atoms with Gasteiger partial charge in [-0.15, -0.1) is 0 Å². The van der Waals surface area contributed by atoms with Crippen molar-refractivity contribution in [1.29, 1.82) is 0 Å². The molecule has 1 amide bonds. The maximum Gasteiger partial charge on any atom is 0.257 e.